The van der Waals surface area contributed by atoms with Crippen LogP contribution in [0.15, 0.2) is 91.1 Å². The number of alkyl halides is 3. The number of hydrogen-bond donors (Lipinski definition) is 1. The average Bonchev–Trinajstić information content (AvgIpc) is 3.48. The fourth-order valence-corrected chi connectivity index (χ4v) is 6.11. The van der Waals surface area contributed by atoms with Gasteiger partial charge in [0.1, 0.15) is 17.2 Å². The minimum Gasteiger partial charge on any atom is -0.497 e. The van der Waals surface area contributed by atoms with Gasteiger partial charge in [0.05, 0.1) is 30.8 Å². The SMILES string of the molecule is COc1ccc(N(C)C2CCN(C(=O)c3cc4cc(Oc5ccc(N(C)C(=O)c6ccc(C(F)(F)F)cc6)cn5)ccc4n3C)CC2)cc1.CS(=O)(=O)O. The summed E-state index contributed by atoms with van der Waals surface area (Å²) in [7, 11) is 3.47. The van der Waals surface area contributed by atoms with Crippen LogP contribution in [0.4, 0.5) is 24.5 Å². The van der Waals surface area contributed by atoms with Crippen molar-refractivity contribution in [1.29, 1.82) is 0 Å². The van der Waals surface area contributed by atoms with Crippen molar-refractivity contribution in [2.24, 2.45) is 7.05 Å². The fourth-order valence-electron chi connectivity index (χ4n) is 6.11. The van der Waals surface area contributed by atoms with Gasteiger partial charge in [-0.15, -0.1) is 0 Å². The van der Waals surface area contributed by atoms with E-state index in [1.807, 2.05) is 59.0 Å². The molecule has 1 aliphatic rings. The number of carbonyl (C=O) groups excluding carboxylic acids is 2. The monoisotopic (exact) mass is 767 g/mol. The molecular formula is C38H40F3N5O7S. The van der Waals surface area contributed by atoms with Crippen molar-refractivity contribution in [2.75, 3.05) is 50.4 Å². The Bertz CT molecular complexity index is 2190. The summed E-state index contributed by atoms with van der Waals surface area (Å²) in [6.45, 7) is 1.32. The number of hydrogen-bond acceptors (Lipinski definition) is 8. The van der Waals surface area contributed by atoms with Gasteiger partial charge in [-0.25, -0.2) is 4.98 Å². The standard InChI is InChI=1S/C37H36F3N5O4.CH4O3S/c1-42(27-9-12-30(48-4)13-10-27)28-17-19-45(20-18-28)36(47)33-22-25-21-31(14-15-32(25)44(33)3)49-34-16-11-29(23-41-34)43(2)35(46)24-5-7-26(8-6-24)37(38,39)40;1-5(2,3)4/h5-16,21-23,28H,17-20H2,1-4H3;1H3,(H,2,3,4). The van der Waals surface area contributed by atoms with Crippen LogP contribution < -0.4 is 19.3 Å². The van der Waals surface area contributed by atoms with Gasteiger partial charge in [0.15, 0.2) is 0 Å². The van der Waals surface area contributed by atoms with Gasteiger partial charge in [-0.3, -0.25) is 14.1 Å². The van der Waals surface area contributed by atoms with Crippen LogP contribution >= 0.6 is 0 Å². The number of ether oxygens (including phenoxy) is 2. The van der Waals surface area contributed by atoms with Crippen molar-refractivity contribution in [3.63, 3.8) is 0 Å². The number of pyridine rings is 1. The van der Waals surface area contributed by atoms with Crippen LogP contribution in [0.25, 0.3) is 10.9 Å². The van der Waals surface area contributed by atoms with E-state index in [-0.39, 0.29) is 17.4 Å². The van der Waals surface area contributed by atoms with Gasteiger partial charge in [-0.05, 0) is 91.7 Å². The number of methoxy groups -OCH3 is 1. The molecule has 2 amide bonds. The summed E-state index contributed by atoms with van der Waals surface area (Å²) in [6.07, 6.45) is -0.588. The van der Waals surface area contributed by atoms with E-state index >= 15 is 0 Å². The molecule has 0 atom stereocenters. The highest BCUT2D eigenvalue weighted by Crippen LogP contribution is 2.31. The van der Waals surface area contributed by atoms with Gasteiger partial charge in [-0.1, -0.05) is 0 Å². The number of fused-ring (bicyclic) bond motifs is 1. The fraction of sp³-hybridized carbons (Fsp3) is 0.289. The summed E-state index contributed by atoms with van der Waals surface area (Å²) < 4.78 is 77.7. The Hall–Kier alpha value is -5.61. The molecule has 3 heterocycles. The number of nitrogens with zero attached hydrogens (tertiary/aromatic N) is 5. The van der Waals surface area contributed by atoms with E-state index in [1.165, 1.54) is 18.1 Å². The van der Waals surface area contributed by atoms with Crippen LogP contribution in [0.5, 0.6) is 17.4 Å². The van der Waals surface area contributed by atoms with Crippen LogP contribution in [-0.4, -0.2) is 85.8 Å². The summed E-state index contributed by atoms with van der Waals surface area (Å²) in [5.74, 6) is 1.13. The Labute approximate surface area is 311 Å². The molecule has 12 nitrogen and oxygen atoms in total. The normalized spacial score (nSPS) is 13.5. The lowest BCUT2D eigenvalue weighted by Crippen LogP contribution is -2.46. The minimum absolute atomic E-state index is 0.0149. The van der Waals surface area contributed by atoms with Crippen LogP contribution in [0.2, 0.25) is 0 Å². The Kier molecular flexibility index (Phi) is 11.9. The van der Waals surface area contributed by atoms with Gasteiger partial charge >= 0.3 is 6.18 Å². The van der Waals surface area contributed by atoms with Crippen molar-refractivity contribution < 1.29 is 45.2 Å². The molecule has 5 aromatic rings. The molecule has 54 heavy (non-hydrogen) atoms. The van der Waals surface area contributed by atoms with E-state index in [2.05, 4.69) is 16.9 Å². The highest BCUT2D eigenvalue weighted by atomic mass is 32.2. The van der Waals surface area contributed by atoms with Gasteiger partial charge in [0.2, 0.25) is 5.88 Å². The number of halogens is 3. The minimum atomic E-state index is -4.48. The van der Waals surface area contributed by atoms with E-state index in [1.54, 1.807) is 25.3 Å². The van der Waals surface area contributed by atoms with Gasteiger partial charge in [0.25, 0.3) is 21.9 Å². The lowest BCUT2D eigenvalue weighted by molar-refractivity contribution is -0.137. The van der Waals surface area contributed by atoms with Crippen LogP contribution in [0.3, 0.4) is 0 Å². The van der Waals surface area contributed by atoms with E-state index in [9.17, 15) is 31.2 Å². The molecule has 1 aliphatic heterocycles. The highest BCUT2D eigenvalue weighted by Gasteiger charge is 2.31. The van der Waals surface area contributed by atoms with E-state index in [0.29, 0.717) is 42.5 Å². The first-order chi connectivity index (χ1) is 25.4. The van der Waals surface area contributed by atoms with Crippen LogP contribution in [0, 0.1) is 0 Å². The van der Waals surface area contributed by atoms with E-state index < -0.39 is 27.8 Å². The topological polar surface area (TPSA) is 135 Å². The summed E-state index contributed by atoms with van der Waals surface area (Å²) in [6, 6.07) is 23.0. The molecule has 3 aromatic carbocycles. The zero-order chi connectivity index (χ0) is 39.4. The highest BCUT2D eigenvalue weighted by molar-refractivity contribution is 7.85. The molecule has 1 fully saturated rings. The third-order valence-electron chi connectivity index (χ3n) is 9.11. The number of piperidine rings is 1. The van der Waals surface area contributed by atoms with Crippen molar-refractivity contribution in [3.8, 4) is 17.4 Å². The largest absolute Gasteiger partial charge is 0.497 e. The van der Waals surface area contributed by atoms with Crippen molar-refractivity contribution in [2.45, 2.75) is 25.1 Å². The predicted molar refractivity (Wildman–Crippen MR) is 199 cm³/mol. The quantitative estimate of drug-likeness (QED) is 0.167. The number of aryl methyl sites for hydroxylation is 1. The molecule has 2 aromatic heterocycles. The number of rotatable bonds is 8. The van der Waals surface area contributed by atoms with Gasteiger partial charge < -0.3 is 28.7 Å². The molecule has 0 spiro atoms. The predicted octanol–water partition coefficient (Wildman–Crippen LogP) is 6.91. The smallest absolute Gasteiger partial charge is 0.416 e. The Morgan fingerprint density at radius 3 is 2.04 bits per heavy atom. The lowest BCUT2D eigenvalue weighted by atomic mass is 10.0. The summed E-state index contributed by atoms with van der Waals surface area (Å²) >= 11 is 0. The van der Waals surface area contributed by atoms with E-state index in [0.717, 1.165) is 59.4 Å². The molecule has 6 rings (SSSR count). The Morgan fingerprint density at radius 2 is 1.48 bits per heavy atom. The van der Waals surface area contributed by atoms with Crippen LogP contribution in [-0.2, 0) is 23.3 Å². The Balaban J connectivity index is 0.00000105. The molecule has 1 saturated heterocycles. The number of carbonyl (C=O) groups is 2. The van der Waals surface area contributed by atoms with Crippen LogP contribution in [0.1, 0.15) is 39.3 Å². The molecular weight excluding hydrogens is 728 g/mol. The first-order valence-corrected chi connectivity index (χ1v) is 18.5. The van der Waals surface area contributed by atoms with Gasteiger partial charge in [0, 0.05) is 68.5 Å². The van der Waals surface area contributed by atoms with Crippen molar-refractivity contribution in [3.05, 3.63) is 108 Å². The summed E-state index contributed by atoms with van der Waals surface area (Å²) in [4.78, 5) is 36.3. The summed E-state index contributed by atoms with van der Waals surface area (Å²) in [5.41, 5.74) is 2.33. The Morgan fingerprint density at radius 1 is 0.889 bits per heavy atom. The molecule has 0 bridgehead atoms. The third-order valence-corrected chi connectivity index (χ3v) is 9.11. The van der Waals surface area contributed by atoms with Crippen molar-refractivity contribution in [1.82, 2.24) is 14.5 Å². The second kappa shape index (κ2) is 16.2. The second-order valence-electron chi connectivity index (χ2n) is 12.8. The first kappa shape index (κ1) is 39.6. The molecule has 0 unspecified atom stereocenters. The lowest BCUT2D eigenvalue weighted by Gasteiger charge is -2.38. The number of amides is 2. The zero-order valence-corrected chi connectivity index (χ0v) is 31.1. The molecule has 286 valence electrons. The number of benzene rings is 3. The molecule has 0 aliphatic carbocycles. The van der Waals surface area contributed by atoms with Crippen molar-refractivity contribution >= 4 is 44.2 Å². The maximum absolute atomic E-state index is 13.6. The molecule has 0 radical (unpaired) electrons. The zero-order valence-electron chi connectivity index (χ0n) is 30.2. The molecule has 1 N–H and O–H groups in total. The maximum atomic E-state index is 13.6. The maximum Gasteiger partial charge on any atom is 0.416 e. The number of anilines is 2. The number of likely N-dealkylation sites (tertiary alicyclic amines) is 1. The molecule has 16 heteroatoms. The number of aromatic nitrogens is 2. The average molecular weight is 768 g/mol. The summed E-state index contributed by atoms with van der Waals surface area (Å²) in [5, 5.41) is 0.843. The molecule has 0 saturated carbocycles. The third kappa shape index (κ3) is 9.68. The second-order valence-corrected chi connectivity index (χ2v) is 14.2. The van der Waals surface area contributed by atoms with E-state index in [4.69, 9.17) is 14.0 Å². The first-order valence-electron chi connectivity index (χ1n) is 16.7. The van der Waals surface area contributed by atoms with Gasteiger partial charge in [-0.2, -0.15) is 21.6 Å².